The van der Waals surface area contributed by atoms with E-state index in [9.17, 15) is 8.42 Å². The molecule has 0 amide bonds. The van der Waals surface area contributed by atoms with Crippen molar-refractivity contribution in [3.05, 3.63) is 57.7 Å². The average molecular weight is 404 g/mol. The van der Waals surface area contributed by atoms with Crippen molar-refractivity contribution < 1.29 is 17.3 Å². The summed E-state index contributed by atoms with van der Waals surface area (Å²) in [6.07, 6.45) is 0. The minimum atomic E-state index is -3.78. The predicted molar refractivity (Wildman–Crippen MR) is 84.1 cm³/mol. The third-order valence-corrected chi connectivity index (χ3v) is 4.53. The van der Waals surface area contributed by atoms with Gasteiger partial charge in [0.05, 0.1) is 4.90 Å². The van der Waals surface area contributed by atoms with E-state index in [1.165, 1.54) is 12.1 Å². The van der Waals surface area contributed by atoms with Crippen LogP contribution in [0.25, 0.3) is 0 Å². The van der Waals surface area contributed by atoms with E-state index in [1.807, 2.05) is 19.1 Å². The lowest BCUT2D eigenvalue weighted by Crippen LogP contribution is -2.11. The molecule has 0 aromatic heterocycles. The van der Waals surface area contributed by atoms with Gasteiger partial charge in [-0.1, -0.05) is 17.7 Å². The van der Waals surface area contributed by atoms with Gasteiger partial charge in [0.2, 0.25) is 6.79 Å². The van der Waals surface area contributed by atoms with Crippen LogP contribution in [0, 0.1) is 10.5 Å². The van der Waals surface area contributed by atoms with Gasteiger partial charge in [0.15, 0.2) is 0 Å². The number of benzene rings is 2. The number of halogens is 1. The molecule has 2 aromatic carbocycles. The Balaban J connectivity index is 1.96. The van der Waals surface area contributed by atoms with Crippen LogP contribution in [0.2, 0.25) is 0 Å². The molecule has 0 spiro atoms. The molecule has 0 heterocycles. The zero-order chi connectivity index (χ0) is 14.6. The third-order valence-electron chi connectivity index (χ3n) is 2.55. The topological polar surface area (TPSA) is 52.6 Å². The highest BCUT2D eigenvalue weighted by atomic mass is 127. The summed E-state index contributed by atoms with van der Waals surface area (Å²) in [4.78, 5) is 0.120. The Labute approximate surface area is 132 Å². The van der Waals surface area contributed by atoms with Gasteiger partial charge in [0.1, 0.15) is 5.75 Å². The molecule has 0 saturated heterocycles. The second-order valence-electron chi connectivity index (χ2n) is 4.10. The summed E-state index contributed by atoms with van der Waals surface area (Å²) in [6, 6.07) is 13.7. The Morgan fingerprint density at radius 3 is 2.20 bits per heavy atom. The minimum Gasteiger partial charge on any atom is -0.466 e. The first-order valence-electron chi connectivity index (χ1n) is 5.82. The van der Waals surface area contributed by atoms with Crippen LogP contribution in [0.5, 0.6) is 5.75 Å². The highest BCUT2D eigenvalue weighted by Crippen LogP contribution is 2.16. The highest BCUT2D eigenvalue weighted by molar-refractivity contribution is 14.1. The molecule has 106 valence electrons. The average Bonchev–Trinajstić information content (AvgIpc) is 2.41. The normalized spacial score (nSPS) is 11.3. The van der Waals surface area contributed by atoms with Crippen molar-refractivity contribution in [3.8, 4) is 5.75 Å². The zero-order valence-corrected chi connectivity index (χ0v) is 13.7. The van der Waals surface area contributed by atoms with E-state index in [2.05, 4.69) is 22.6 Å². The maximum Gasteiger partial charge on any atom is 0.300 e. The van der Waals surface area contributed by atoms with E-state index in [1.54, 1.807) is 24.3 Å². The predicted octanol–water partition coefficient (Wildman–Crippen LogP) is 3.34. The molecule has 0 fully saturated rings. The molecule has 0 aliphatic carbocycles. The van der Waals surface area contributed by atoms with Gasteiger partial charge in [-0.05, 0) is 65.9 Å². The maximum atomic E-state index is 11.9. The molecule has 20 heavy (non-hydrogen) atoms. The number of hydrogen-bond acceptors (Lipinski definition) is 4. The molecule has 0 atom stereocenters. The van der Waals surface area contributed by atoms with Gasteiger partial charge < -0.3 is 4.74 Å². The minimum absolute atomic E-state index is 0.120. The maximum absolute atomic E-state index is 11.9. The molecule has 0 bridgehead atoms. The monoisotopic (exact) mass is 404 g/mol. The number of rotatable bonds is 5. The Bertz CT molecular complexity index is 663. The first-order chi connectivity index (χ1) is 9.47. The fourth-order valence-corrected chi connectivity index (χ4v) is 2.60. The SMILES string of the molecule is Cc1ccc(S(=O)(=O)OCOc2ccc(I)cc2)cc1. The zero-order valence-electron chi connectivity index (χ0n) is 10.7. The molecule has 0 N–H and O–H groups in total. The summed E-state index contributed by atoms with van der Waals surface area (Å²) in [5.74, 6) is 0.560. The van der Waals surface area contributed by atoms with Crippen LogP contribution in [0.1, 0.15) is 5.56 Å². The molecule has 0 aliphatic heterocycles. The van der Waals surface area contributed by atoms with Gasteiger partial charge in [-0.15, -0.1) is 0 Å². The third kappa shape index (κ3) is 4.19. The van der Waals surface area contributed by atoms with E-state index < -0.39 is 10.1 Å². The second kappa shape index (κ2) is 6.55. The Kier molecular flexibility index (Phi) is 5.00. The van der Waals surface area contributed by atoms with Gasteiger partial charge >= 0.3 is 0 Å². The smallest absolute Gasteiger partial charge is 0.300 e. The van der Waals surface area contributed by atoms with E-state index in [4.69, 9.17) is 8.92 Å². The largest absolute Gasteiger partial charge is 0.466 e. The van der Waals surface area contributed by atoms with Crippen molar-refractivity contribution >= 4 is 32.7 Å². The molecule has 2 aromatic rings. The summed E-state index contributed by atoms with van der Waals surface area (Å²) in [6.45, 7) is 1.54. The van der Waals surface area contributed by atoms with Crippen molar-refractivity contribution in [2.24, 2.45) is 0 Å². The molecule has 0 saturated carbocycles. The Morgan fingerprint density at radius 1 is 1.00 bits per heavy atom. The summed E-state index contributed by atoms with van der Waals surface area (Å²) >= 11 is 2.17. The first-order valence-corrected chi connectivity index (χ1v) is 8.30. The number of hydrogen-bond donors (Lipinski definition) is 0. The summed E-state index contributed by atoms with van der Waals surface area (Å²) in [5, 5.41) is 0. The quantitative estimate of drug-likeness (QED) is 0.436. The molecule has 6 heteroatoms. The molecular formula is C14H13IO4S. The molecule has 0 aliphatic rings. The first kappa shape index (κ1) is 15.3. The van der Waals surface area contributed by atoms with Crippen molar-refractivity contribution in [1.82, 2.24) is 0 Å². The van der Waals surface area contributed by atoms with Crippen LogP contribution in [-0.2, 0) is 14.3 Å². The van der Waals surface area contributed by atoms with E-state index >= 15 is 0 Å². The van der Waals surface area contributed by atoms with E-state index in [0.29, 0.717) is 5.75 Å². The summed E-state index contributed by atoms with van der Waals surface area (Å²) in [7, 11) is -3.78. The Hall–Kier alpha value is -1.12. The highest BCUT2D eigenvalue weighted by Gasteiger charge is 2.14. The van der Waals surface area contributed by atoms with Crippen molar-refractivity contribution in [1.29, 1.82) is 0 Å². The summed E-state index contributed by atoms with van der Waals surface area (Å²) < 4.78 is 34.9. The van der Waals surface area contributed by atoms with Gasteiger partial charge in [0, 0.05) is 3.57 Å². The lowest BCUT2D eigenvalue weighted by atomic mass is 10.2. The van der Waals surface area contributed by atoms with Crippen LogP contribution < -0.4 is 4.74 Å². The van der Waals surface area contributed by atoms with Crippen LogP contribution in [0.15, 0.2) is 53.4 Å². The van der Waals surface area contributed by atoms with E-state index in [0.717, 1.165) is 9.13 Å². The lowest BCUT2D eigenvalue weighted by Gasteiger charge is -2.08. The van der Waals surface area contributed by atoms with Crippen molar-refractivity contribution in [3.63, 3.8) is 0 Å². The van der Waals surface area contributed by atoms with Gasteiger partial charge in [-0.2, -0.15) is 8.42 Å². The lowest BCUT2D eigenvalue weighted by molar-refractivity contribution is 0.126. The summed E-state index contributed by atoms with van der Waals surface area (Å²) in [5.41, 5.74) is 0.985. The van der Waals surface area contributed by atoms with E-state index in [-0.39, 0.29) is 11.7 Å². The van der Waals surface area contributed by atoms with Crippen molar-refractivity contribution in [2.75, 3.05) is 6.79 Å². The van der Waals surface area contributed by atoms with Gasteiger partial charge in [0.25, 0.3) is 10.1 Å². The molecule has 2 rings (SSSR count). The Morgan fingerprint density at radius 2 is 1.60 bits per heavy atom. The molecule has 0 unspecified atom stereocenters. The van der Waals surface area contributed by atoms with Gasteiger partial charge in [-0.3, -0.25) is 0 Å². The van der Waals surface area contributed by atoms with Crippen LogP contribution in [0.3, 0.4) is 0 Å². The standard InChI is InChI=1S/C14H13IO4S/c1-11-2-8-14(9-3-11)20(16,17)19-10-18-13-6-4-12(15)5-7-13/h2-9H,10H2,1H3. The molecule has 4 nitrogen and oxygen atoms in total. The number of aryl methyl sites for hydroxylation is 1. The molecule has 0 radical (unpaired) electrons. The molecular weight excluding hydrogens is 391 g/mol. The fraction of sp³-hybridized carbons (Fsp3) is 0.143. The second-order valence-corrected chi connectivity index (χ2v) is 6.96. The van der Waals surface area contributed by atoms with Crippen LogP contribution in [-0.4, -0.2) is 15.2 Å². The van der Waals surface area contributed by atoms with Crippen LogP contribution >= 0.6 is 22.6 Å². The fourth-order valence-electron chi connectivity index (χ4n) is 1.46. The van der Waals surface area contributed by atoms with Crippen molar-refractivity contribution in [2.45, 2.75) is 11.8 Å². The van der Waals surface area contributed by atoms with Crippen LogP contribution in [0.4, 0.5) is 0 Å². The number of ether oxygens (including phenoxy) is 1. The van der Waals surface area contributed by atoms with Gasteiger partial charge in [-0.25, -0.2) is 4.18 Å².